The van der Waals surface area contributed by atoms with E-state index in [1.165, 1.54) is 57.7 Å². The van der Waals surface area contributed by atoms with Gasteiger partial charge in [-0.2, -0.15) is 0 Å². The Balaban J connectivity index is 1.69. The van der Waals surface area contributed by atoms with Crippen LogP contribution in [-0.4, -0.2) is 0 Å². The van der Waals surface area contributed by atoms with Crippen molar-refractivity contribution in [3.63, 3.8) is 0 Å². The Morgan fingerprint density at radius 1 is 0.581 bits per heavy atom. The maximum atomic E-state index is 2.36. The SMILES string of the molecule is CCCCc1ccc(-c2ccc(N(c3ccccc3C)c3ccccc3C)cc2)cc1. The van der Waals surface area contributed by atoms with Crippen LogP contribution in [0.1, 0.15) is 36.5 Å². The lowest BCUT2D eigenvalue weighted by Gasteiger charge is -2.28. The van der Waals surface area contributed by atoms with Crippen molar-refractivity contribution >= 4 is 17.1 Å². The molecule has 0 heterocycles. The van der Waals surface area contributed by atoms with E-state index >= 15 is 0 Å². The molecule has 0 spiro atoms. The molecule has 0 aliphatic heterocycles. The van der Waals surface area contributed by atoms with E-state index in [9.17, 15) is 0 Å². The molecule has 0 bridgehead atoms. The maximum absolute atomic E-state index is 2.36. The van der Waals surface area contributed by atoms with E-state index < -0.39 is 0 Å². The van der Waals surface area contributed by atoms with Gasteiger partial charge in [-0.1, -0.05) is 86.1 Å². The van der Waals surface area contributed by atoms with Crippen molar-refractivity contribution < 1.29 is 0 Å². The highest BCUT2D eigenvalue weighted by Gasteiger charge is 2.16. The summed E-state index contributed by atoms with van der Waals surface area (Å²) in [7, 11) is 0. The second-order valence-corrected chi connectivity index (χ2v) is 8.26. The highest BCUT2D eigenvalue weighted by Crippen LogP contribution is 2.38. The quantitative estimate of drug-likeness (QED) is 0.297. The second-order valence-electron chi connectivity index (χ2n) is 8.26. The lowest BCUT2D eigenvalue weighted by atomic mass is 10.0. The van der Waals surface area contributed by atoms with Crippen LogP contribution >= 0.6 is 0 Å². The average Bonchev–Trinajstić information content (AvgIpc) is 2.81. The van der Waals surface area contributed by atoms with Crippen molar-refractivity contribution in [3.05, 3.63) is 114 Å². The number of rotatable bonds is 7. The molecule has 0 saturated heterocycles. The first-order valence-electron chi connectivity index (χ1n) is 11.3. The third-order valence-electron chi connectivity index (χ3n) is 5.94. The number of nitrogens with zero attached hydrogens (tertiary/aromatic N) is 1. The Kier molecular flexibility index (Phi) is 6.52. The van der Waals surface area contributed by atoms with E-state index in [4.69, 9.17) is 0 Å². The number of hydrogen-bond acceptors (Lipinski definition) is 1. The van der Waals surface area contributed by atoms with Gasteiger partial charge >= 0.3 is 0 Å². The van der Waals surface area contributed by atoms with Crippen LogP contribution in [0.5, 0.6) is 0 Å². The van der Waals surface area contributed by atoms with Gasteiger partial charge in [-0.05, 0) is 78.8 Å². The Labute approximate surface area is 187 Å². The molecule has 4 rings (SSSR count). The van der Waals surface area contributed by atoms with Crippen LogP contribution in [0.15, 0.2) is 97.1 Å². The zero-order valence-electron chi connectivity index (χ0n) is 18.8. The van der Waals surface area contributed by atoms with Crippen LogP contribution in [0.25, 0.3) is 11.1 Å². The summed E-state index contributed by atoms with van der Waals surface area (Å²) in [6.07, 6.45) is 3.65. The largest absolute Gasteiger partial charge is 0.310 e. The van der Waals surface area contributed by atoms with E-state index in [0.29, 0.717) is 0 Å². The summed E-state index contributed by atoms with van der Waals surface area (Å²) >= 11 is 0. The number of unbranched alkanes of at least 4 members (excludes halogenated alkanes) is 1. The summed E-state index contributed by atoms with van der Waals surface area (Å²) in [4.78, 5) is 2.36. The van der Waals surface area contributed by atoms with Crippen LogP contribution in [0.3, 0.4) is 0 Å². The van der Waals surface area contributed by atoms with Gasteiger partial charge in [-0.15, -0.1) is 0 Å². The molecule has 31 heavy (non-hydrogen) atoms. The van der Waals surface area contributed by atoms with Gasteiger partial charge in [0.15, 0.2) is 0 Å². The summed E-state index contributed by atoms with van der Waals surface area (Å²) < 4.78 is 0. The monoisotopic (exact) mass is 405 g/mol. The fourth-order valence-electron chi connectivity index (χ4n) is 4.08. The van der Waals surface area contributed by atoms with Crippen LogP contribution in [0.2, 0.25) is 0 Å². The summed E-state index contributed by atoms with van der Waals surface area (Å²) in [5, 5.41) is 0. The molecule has 0 aliphatic rings. The minimum absolute atomic E-state index is 1.16. The van der Waals surface area contributed by atoms with E-state index in [2.05, 4.69) is 123 Å². The first kappa shape index (κ1) is 20.9. The minimum Gasteiger partial charge on any atom is -0.310 e. The Hall–Kier alpha value is -3.32. The van der Waals surface area contributed by atoms with Crippen molar-refractivity contribution in [2.24, 2.45) is 0 Å². The molecule has 0 saturated carbocycles. The first-order valence-corrected chi connectivity index (χ1v) is 11.3. The van der Waals surface area contributed by atoms with Gasteiger partial charge in [0.1, 0.15) is 0 Å². The van der Waals surface area contributed by atoms with Crippen LogP contribution in [0, 0.1) is 13.8 Å². The van der Waals surface area contributed by atoms with Crippen molar-refractivity contribution in [2.75, 3.05) is 4.90 Å². The fourth-order valence-corrected chi connectivity index (χ4v) is 4.08. The molecule has 0 fully saturated rings. The van der Waals surface area contributed by atoms with Gasteiger partial charge in [0.05, 0.1) is 0 Å². The summed E-state index contributed by atoms with van der Waals surface area (Å²) in [5.41, 5.74) is 10.1. The summed E-state index contributed by atoms with van der Waals surface area (Å²) in [5.74, 6) is 0. The number of para-hydroxylation sites is 2. The molecule has 0 atom stereocenters. The number of aryl methyl sites for hydroxylation is 3. The number of benzene rings is 4. The lowest BCUT2D eigenvalue weighted by molar-refractivity contribution is 0.795. The van der Waals surface area contributed by atoms with Gasteiger partial charge in [-0.3, -0.25) is 0 Å². The Bertz CT molecular complexity index is 1080. The van der Waals surface area contributed by atoms with Gasteiger partial charge in [0, 0.05) is 17.1 Å². The van der Waals surface area contributed by atoms with E-state index in [0.717, 1.165) is 6.42 Å². The first-order chi connectivity index (χ1) is 15.2. The topological polar surface area (TPSA) is 3.24 Å². The molecule has 0 aliphatic carbocycles. The molecular formula is C30H31N. The number of anilines is 3. The van der Waals surface area contributed by atoms with Crippen molar-refractivity contribution in [1.29, 1.82) is 0 Å². The zero-order valence-corrected chi connectivity index (χ0v) is 18.8. The summed E-state index contributed by atoms with van der Waals surface area (Å²) in [6.45, 7) is 6.59. The molecule has 1 nitrogen and oxygen atoms in total. The van der Waals surface area contributed by atoms with Gasteiger partial charge in [0.25, 0.3) is 0 Å². The molecule has 4 aromatic carbocycles. The fraction of sp³-hybridized carbons (Fsp3) is 0.200. The predicted octanol–water partition coefficient (Wildman–Crippen LogP) is 8.78. The van der Waals surface area contributed by atoms with Crippen LogP contribution < -0.4 is 4.90 Å². The highest BCUT2D eigenvalue weighted by atomic mass is 15.1. The predicted molar refractivity (Wildman–Crippen MR) is 135 cm³/mol. The standard InChI is InChI=1S/C30H31N/c1-4-5-12-25-15-17-26(18-16-25)27-19-21-28(22-20-27)31(29-13-8-6-10-23(29)2)30-14-9-7-11-24(30)3/h6-11,13-22H,4-5,12H2,1-3H3. The van der Waals surface area contributed by atoms with Crippen molar-refractivity contribution in [3.8, 4) is 11.1 Å². The van der Waals surface area contributed by atoms with Crippen molar-refractivity contribution in [1.82, 2.24) is 0 Å². The van der Waals surface area contributed by atoms with Crippen LogP contribution in [0.4, 0.5) is 17.1 Å². The molecule has 0 unspecified atom stereocenters. The molecular weight excluding hydrogens is 374 g/mol. The normalized spacial score (nSPS) is 10.8. The van der Waals surface area contributed by atoms with Crippen molar-refractivity contribution in [2.45, 2.75) is 40.0 Å². The second kappa shape index (κ2) is 9.66. The third kappa shape index (κ3) is 4.72. The third-order valence-corrected chi connectivity index (χ3v) is 5.94. The highest BCUT2D eigenvalue weighted by molar-refractivity contribution is 5.81. The van der Waals surface area contributed by atoms with Gasteiger partial charge in [-0.25, -0.2) is 0 Å². The Morgan fingerprint density at radius 2 is 1.06 bits per heavy atom. The molecule has 156 valence electrons. The van der Waals surface area contributed by atoms with Gasteiger partial charge in [0.2, 0.25) is 0 Å². The number of hydrogen-bond donors (Lipinski definition) is 0. The molecule has 0 aromatic heterocycles. The van der Waals surface area contributed by atoms with E-state index in [-0.39, 0.29) is 0 Å². The Morgan fingerprint density at radius 3 is 1.55 bits per heavy atom. The summed E-state index contributed by atoms with van der Waals surface area (Å²) in [6, 6.07) is 35.2. The zero-order chi connectivity index (χ0) is 21.6. The molecule has 4 aromatic rings. The van der Waals surface area contributed by atoms with Crippen LogP contribution in [-0.2, 0) is 6.42 Å². The molecule has 0 amide bonds. The molecule has 0 N–H and O–H groups in total. The van der Waals surface area contributed by atoms with E-state index in [1.54, 1.807) is 0 Å². The maximum Gasteiger partial charge on any atom is 0.0490 e. The molecule has 0 radical (unpaired) electrons. The van der Waals surface area contributed by atoms with Gasteiger partial charge < -0.3 is 4.90 Å². The van der Waals surface area contributed by atoms with E-state index in [1.807, 2.05) is 0 Å². The smallest absolute Gasteiger partial charge is 0.0490 e. The minimum atomic E-state index is 1.16. The molecule has 1 heteroatoms. The average molecular weight is 406 g/mol. The lowest BCUT2D eigenvalue weighted by Crippen LogP contribution is -2.12.